The Morgan fingerprint density at radius 1 is 1.40 bits per heavy atom. The number of carbonyl (C=O) groups is 1. The van der Waals surface area contributed by atoms with E-state index in [1.165, 1.54) is 13.5 Å². The van der Waals surface area contributed by atoms with Crippen LogP contribution in [-0.4, -0.2) is 30.0 Å². The van der Waals surface area contributed by atoms with Gasteiger partial charge < -0.3 is 4.74 Å². The van der Waals surface area contributed by atoms with Crippen LogP contribution in [0.4, 0.5) is 0 Å². The molecule has 0 bridgehead atoms. The van der Waals surface area contributed by atoms with Crippen LogP contribution in [0.3, 0.4) is 0 Å². The van der Waals surface area contributed by atoms with Crippen molar-refractivity contribution in [3.8, 4) is 0 Å². The molecular formula is C11H17NO2S. The van der Waals surface area contributed by atoms with E-state index in [9.17, 15) is 4.79 Å². The van der Waals surface area contributed by atoms with E-state index in [-0.39, 0.29) is 23.1 Å². The fraction of sp³-hybridized carbons (Fsp3) is 0.545. The normalized spacial score (nSPS) is 28.3. The molecule has 1 fully saturated rings. The van der Waals surface area contributed by atoms with Gasteiger partial charge in [-0.05, 0) is 30.1 Å². The van der Waals surface area contributed by atoms with Crippen LogP contribution in [-0.2, 0) is 9.53 Å². The minimum Gasteiger partial charge on any atom is -0.468 e. The third-order valence-electron chi connectivity index (χ3n) is 2.83. The molecule has 0 amide bonds. The highest BCUT2D eigenvalue weighted by Gasteiger charge is 2.31. The molecule has 1 saturated heterocycles. The van der Waals surface area contributed by atoms with E-state index in [4.69, 9.17) is 4.74 Å². The van der Waals surface area contributed by atoms with Crippen LogP contribution < -0.4 is 0 Å². The van der Waals surface area contributed by atoms with Gasteiger partial charge in [0, 0.05) is 6.54 Å². The van der Waals surface area contributed by atoms with Crippen LogP contribution in [0.1, 0.15) is 19.3 Å². The molecule has 1 atom stereocenters. The first-order valence-corrected chi connectivity index (χ1v) is 6.74. The van der Waals surface area contributed by atoms with Gasteiger partial charge in [0.15, 0.2) is 0 Å². The quantitative estimate of drug-likeness (QED) is 0.578. The summed E-state index contributed by atoms with van der Waals surface area (Å²) in [5.74, 6) is -0.0779. The molecule has 0 spiro atoms. The van der Waals surface area contributed by atoms with Crippen LogP contribution in [0.5, 0.6) is 0 Å². The Balaban J connectivity index is 2.08. The lowest BCUT2D eigenvalue weighted by Gasteiger charge is -2.38. The molecular weight excluding hydrogens is 210 g/mol. The number of hydrogen-bond acceptors (Lipinski definition) is 3. The number of rotatable bonds is 2. The topological polar surface area (TPSA) is 29.5 Å². The Hall–Kier alpha value is -0.740. The standard InChI is InChI=1S/C11H17NO2S/c1-14-11(13)10-6-2-3-7-12(10)15-8-4-5-9-15/h4-5,8-10,15H,2-3,6-7H2,1H3. The Labute approximate surface area is 93.3 Å². The van der Waals surface area contributed by atoms with Crippen molar-refractivity contribution >= 4 is 17.1 Å². The highest BCUT2D eigenvalue weighted by Crippen LogP contribution is 2.41. The van der Waals surface area contributed by atoms with Gasteiger partial charge in [-0.25, -0.2) is 4.31 Å². The fourth-order valence-corrected chi connectivity index (χ4v) is 3.96. The number of methoxy groups -OCH3 is 1. The van der Waals surface area contributed by atoms with Crippen LogP contribution >= 0.6 is 11.1 Å². The molecule has 84 valence electrons. The molecule has 0 aromatic carbocycles. The first kappa shape index (κ1) is 10.8. The maximum atomic E-state index is 11.6. The van der Waals surface area contributed by atoms with Crippen molar-refractivity contribution in [3.63, 3.8) is 0 Å². The van der Waals surface area contributed by atoms with Gasteiger partial charge in [-0.1, -0.05) is 12.2 Å². The van der Waals surface area contributed by atoms with Gasteiger partial charge in [0.25, 0.3) is 0 Å². The molecule has 2 rings (SSSR count). The van der Waals surface area contributed by atoms with Crippen molar-refractivity contribution in [1.82, 2.24) is 4.31 Å². The highest BCUT2D eigenvalue weighted by atomic mass is 32.2. The molecule has 0 aromatic rings. The second kappa shape index (κ2) is 4.86. The van der Waals surface area contributed by atoms with E-state index in [1.807, 2.05) is 0 Å². The molecule has 2 aliphatic heterocycles. The van der Waals surface area contributed by atoms with E-state index >= 15 is 0 Å². The van der Waals surface area contributed by atoms with Crippen LogP contribution in [0, 0.1) is 0 Å². The van der Waals surface area contributed by atoms with E-state index in [0.717, 1.165) is 19.4 Å². The lowest BCUT2D eigenvalue weighted by atomic mass is 10.1. The predicted octanol–water partition coefficient (Wildman–Crippen LogP) is 1.97. The molecule has 2 aliphatic rings. The number of nitrogens with zero attached hydrogens (tertiary/aromatic N) is 1. The van der Waals surface area contributed by atoms with E-state index in [1.54, 1.807) is 0 Å². The Morgan fingerprint density at radius 3 is 2.80 bits per heavy atom. The zero-order chi connectivity index (χ0) is 10.7. The summed E-state index contributed by atoms with van der Waals surface area (Å²) in [5.41, 5.74) is 0. The summed E-state index contributed by atoms with van der Waals surface area (Å²) < 4.78 is 7.16. The summed E-state index contributed by atoms with van der Waals surface area (Å²) in [6, 6.07) is -0.0257. The number of thiol groups is 1. The molecule has 0 radical (unpaired) electrons. The molecule has 2 heterocycles. The fourth-order valence-electron chi connectivity index (χ4n) is 2.07. The van der Waals surface area contributed by atoms with Crippen LogP contribution in [0.15, 0.2) is 23.0 Å². The molecule has 4 heteroatoms. The third kappa shape index (κ3) is 2.26. The summed E-state index contributed by atoms with van der Waals surface area (Å²) >= 11 is -0.369. The molecule has 1 unspecified atom stereocenters. The predicted molar refractivity (Wildman–Crippen MR) is 63.6 cm³/mol. The first-order valence-electron chi connectivity index (χ1n) is 5.30. The number of allylic oxidation sites excluding steroid dienone is 2. The maximum Gasteiger partial charge on any atom is 0.323 e. The third-order valence-corrected chi connectivity index (χ3v) is 4.86. The first-order chi connectivity index (χ1) is 7.33. The molecule has 15 heavy (non-hydrogen) atoms. The van der Waals surface area contributed by atoms with Crippen molar-refractivity contribution in [2.45, 2.75) is 25.3 Å². The Bertz CT molecular complexity index is 289. The molecule has 0 N–H and O–H groups in total. The Kier molecular flexibility index (Phi) is 3.49. The summed E-state index contributed by atoms with van der Waals surface area (Å²) in [6.45, 7) is 1.01. The summed E-state index contributed by atoms with van der Waals surface area (Å²) in [5, 5.41) is 4.38. The van der Waals surface area contributed by atoms with Crippen molar-refractivity contribution < 1.29 is 9.53 Å². The smallest absolute Gasteiger partial charge is 0.323 e. The lowest BCUT2D eigenvalue weighted by molar-refractivity contribution is -0.145. The molecule has 0 saturated carbocycles. The van der Waals surface area contributed by atoms with Crippen molar-refractivity contribution in [3.05, 3.63) is 23.0 Å². The number of hydrogen-bond donors (Lipinski definition) is 1. The summed E-state index contributed by atoms with van der Waals surface area (Å²) in [7, 11) is 1.47. The number of piperidine rings is 1. The zero-order valence-electron chi connectivity index (χ0n) is 8.93. The molecule has 3 nitrogen and oxygen atoms in total. The van der Waals surface area contributed by atoms with Crippen molar-refractivity contribution in [2.24, 2.45) is 0 Å². The summed E-state index contributed by atoms with van der Waals surface area (Å²) in [6.07, 6.45) is 7.39. The number of esters is 1. The summed E-state index contributed by atoms with van der Waals surface area (Å²) in [4.78, 5) is 11.6. The second-order valence-corrected chi connectivity index (χ2v) is 5.63. The van der Waals surface area contributed by atoms with Crippen LogP contribution in [0.2, 0.25) is 0 Å². The van der Waals surface area contributed by atoms with E-state index in [2.05, 4.69) is 27.3 Å². The monoisotopic (exact) mass is 227 g/mol. The van der Waals surface area contributed by atoms with Gasteiger partial charge in [-0.2, -0.15) is 11.1 Å². The Morgan fingerprint density at radius 2 is 2.13 bits per heavy atom. The lowest BCUT2D eigenvalue weighted by Crippen LogP contribution is -2.42. The van der Waals surface area contributed by atoms with E-state index in [0.29, 0.717) is 0 Å². The zero-order valence-corrected chi connectivity index (χ0v) is 9.82. The second-order valence-electron chi connectivity index (χ2n) is 3.76. The van der Waals surface area contributed by atoms with Gasteiger partial charge in [0.1, 0.15) is 6.04 Å². The maximum absolute atomic E-state index is 11.6. The highest BCUT2D eigenvalue weighted by molar-refractivity contribution is 8.20. The van der Waals surface area contributed by atoms with Gasteiger partial charge in [-0.3, -0.25) is 4.79 Å². The largest absolute Gasteiger partial charge is 0.468 e. The SMILES string of the molecule is COC(=O)C1CCCCN1[SH]1C=CC=C1. The van der Waals surface area contributed by atoms with Crippen molar-refractivity contribution in [2.75, 3.05) is 13.7 Å². The van der Waals surface area contributed by atoms with Gasteiger partial charge in [0.2, 0.25) is 0 Å². The molecule has 0 aliphatic carbocycles. The average Bonchev–Trinajstić information content (AvgIpc) is 2.81. The molecule has 0 aromatic heterocycles. The number of carbonyl (C=O) groups excluding carboxylic acids is 1. The van der Waals surface area contributed by atoms with Crippen molar-refractivity contribution in [1.29, 1.82) is 0 Å². The number of ether oxygens (including phenoxy) is 1. The van der Waals surface area contributed by atoms with Gasteiger partial charge in [-0.15, -0.1) is 0 Å². The van der Waals surface area contributed by atoms with Gasteiger partial charge >= 0.3 is 5.97 Å². The average molecular weight is 227 g/mol. The minimum absolute atomic E-state index is 0.0257. The van der Waals surface area contributed by atoms with Gasteiger partial charge in [0.05, 0.1) is 7.11 Å². The minimum atomic E-state index is -0.369. The van der Waals surface area contributed by atoms with Crippen LogP contribution in [0.25, 0.3) is 0 Å². The van der Waals surface area contributed by atoms with E-state index < -0.39 is 0 Å².